The number of methoxy groups -OCH3 is 1. The standard InChI is InChI=1S/C24H25N3O5S/c1-17-11-13-18(14-12-17)33(30,31)27-22-10-6-4-8-20(22)24(29)26-21-9-5-3-7-19(21)23(28)25-15-16-32-2/h3-14,27H,15-16H2,1-2H3,(H,25,28)(H,26,29). The number of sulfonamides is 1. The van der Waals surface area contributed by atoms with E-state index in [9.17, 15) is 18.0 Å². The zero-order valence-electron chi connectivity index (χ0n) is 18.3. The minimum absolute atomic E-state index is 0.0846. The number of carbonyl (C=O) groups excluding carboxylic acids is 2. The number of para-hydroxylation sites is 2. The second kappa shape index (κ2) is 10.8. The van der Waals surface area contributed by atoms with Gasteiger partial charge in [0, 0.05) is 13.7 Å². The van der Waals surface area contributed by atoms with Crippen LogP contribution in [0.3, 0.4) is 0 Å². The molecule has 33 heavy (non-hydrogen) atoms. The Morgan fingerprint density at radius 1 is 0.818 bits per heavy atom. The van der Waals surface area contributed by atoms with E-state index in [0.29, 0.717) is 18.8 Å². The van der Waals surface area contributed by atoms with Crippen molar-refractivity contribution < 1.29 is 22.7 Å². The molecular weight excluding hydrogens is 442 g/mol. The second-order valence-corrected chi connectivity index (χ2v) is 8.89. The molecule has 0 fully saturated rings. The normalized spacial score (nSPS) is 11.0. The molecule has 0 heterocycles. The molecule has 8 nitrogen and oxygen atoms in total. The fraction of sp³-hybridized carbons (Fsp3) is 0.167. The van der Waals surface area contributed by atoms with Crippen molar-refractivity contribution in [1.82, 2.24) is 5.32 Å². The Morgan fingerprint density at radius 3 is 2.03 bits per heavy atom. The molecule has 0 aliphatic rings. The third kappa shape index (κ3) is 6.18. The van der Waals surface area contributed by atoms with Crippen LogP contribution in [0.1, 0.15) is 26.3 Å². The second-order valence-electron chi connectivity index (χ2n) is 7.21. The quantitative estimate of drug-likeness (QED) is 0.417. The van der Waals surface area contributed by atoms with Crippen LogP contribution in [0.25, 0.3) is 0 Å². The summed E-state index contributed by atoms with van der Waals surface area (Å²) in [5.74, 6) is -0.925. The first kappa shape index (κ1) is 24.0. The Labute approximate surface area is 193 Å². The van der Waals surface area contributed by atoms with Gasteiger partial charge in [0.05, 0.1) is 34.0 Å². The minimum atomic E-state index is -3.90. The molecule has 0 aliphatic carbocycles. The van der Waals surface area contributed by atoms with Crippen LogP contribution in [-0.2, 0) is 14.8 Å². The summed E-state index contributed by atoms with van der Waals surface area (Å²) in [6, 6.07) is 19.2. The number of amides is 2. The SMILES string of the molecule is COCCNC(=O)c1ccccc1NC(=O)c1ccccc1NS(=O)(=O)c1ccc(C)cc1. The minimum Gasteiger partial charge on any atom is -0.383 e. The zero-order chi connectivity index (χ0) is 23.8. The highest BCUT2D eigenvalue weighted by Gasteiger charge is 2.20. The number of rotatable bonds is 9. The van der Waals surface area contributed by atoms with Crippen LogP contribution in [0.15, 0.2) is 77.7 Å². The largest absolute Gasteiger partial charge is 0.383 e. The van der Waals surface area contributed by atoms with Gasteiger partial charge in [-0.05, 0) is 43.3 Å². The highest BCUT2D eigenvalue weighted by molar-refractivity contribution is 7.92. The van der Waals surface area contributed by atoms with Gasteiger partial charge >= 0.3 is 0 Å². The Bertz CT molecular complexity index is 1240. The molecule has 3 aromatic carbocycles. The number of hydrogen-bond donors (Lipinski definition) is 3. The first-order chi connectivity index (χ1) is 15.8. The molecule has 0 saturated heterocycles. The highest BCUT2D eigenvalue weighted by Crippen LogP contribution is 2.23. The maximum absolute atomic E-state index is 13.0. The van der Waals surface area contributed by atoms with Crippen molar-refractivity contribution in [1.29, 1.82) is 0 Å². The van der Waals surface area contributed by atoms with Gasteiger partial charge < -0.3 is 15.4 Å². The lowest BCUT2D eigenvalue weighted by molar-refractivity contribution is 0.0938. The summed E-state index contributed by atoms with van der Waals surface area (Å²) in [7, 11) is -2.37. The third-order valence-electron chi connectivity index (χ3n) is 4.76. The molecule has 0 radical (unpaired) electrons. The van der Waals surface area contributed by atoms with Crippen molar-refractivity contribution in [2.24, 2.45) is 0 Å². The van der Waals surface area contributed by atoms with E-state index in [-0.39, 0.29) is 27.6 Å². The molecule has 3 aromatic rings. The van der Waals surface area contributed by atoms with Crippen molar-refractivity contribution in [3.8, 4) is 0 Å². The number of nitrogens with one attached hydrogen (secondary N) is 3. The van der Waals surface area contributed by atoms with Crippen LogP contribution in [0, 0.1) is 6.92 Å². The average molecular weight is 468 g/mol. The van der Waals surface area contributed by atoms with Crippen LogP contribution >= 0.6 is 0 Å². The van der Waals surface area contributed by atoms with E-state index in [1.165, 1.54) is 31.4 Å². The maximum atomic E-state index is 13.0. The van der Waals surface area contributed by atoms with Crippen molar-refractivity contribution >= 4 is 33.2 Å². The molecule has 0 spiro atoms. The molecular formula is C24H25N3O5S. The van der Waals surface area contributed by atoms with Crippen molar-refractivity contribution in [2.75, 3.05) is 30.3 Å². The average Bonchev–Trinajstić information content (AvgIpc) is 2.80. The van der Waals surface area contributed by atoms with Gasteiger partial charge in [-0.3, -0.25) is 14.3 Å². The van der Waals surface area contributed by atoms with Crippen molar-refractivity contribution in [3.05, 3.63) is 89.5 Å². The smallest absolute Gasteiger partial charge is 0.261 e. The molecule has 3 N–H and O–H groups in total. The molecule has 0 saturated carbocycles. The Balaban J connectivity index is 1.83. The Hall–Kier alpha value is -3.69. The molecule has 172 valence electrons. The van der Waals surface area contributed by atoms with Gasteiger partial charge in [-0.2, -0.15) is 0 Å². The Morgan fingerprint density at radius 2 is 1.39 bits per heavy atom. The van der Waals surface area contributed by atoms with Crippen LogP contribution in [0.2, 0.25) is 0 Å². The Kier molecular flexibility index (Phi) is 7.81. The van der Waals surface area contributed by atoms with Crippen LogP contribution in [0.5, 0.6) is 0 Å². The number of ether oxygens (including phenoxy) is 1. The van der Waals surface area contributed by atoms with E-state index < -0.39 is 15.9 Å². The van der Waals surface area contributed by atoms with E-state index >= 15 is 0 Å². The zero-order valence-corrected chi connectivity index (χ0v) is 19.1. The van der Waals surface area contributed by atoms with Gasteiger partial charge in [-0.1, -0.05) is 42.0 Å². The number of hydrogen-bond acceptors (Lipinski definition) is 5. The molecule has 0 unspecified atom stereocenters. The number of aryl methyl sites for hydroxylation is 1. The van der Waals surface area contributed by atoms with E-state index in [1.807, 2.05) is 6.92 Å². The van der Waals surface area contributed by atoms with Crippen molar-refractivity contribution in [3.63, 3.8) is 0 Å². The fourth-order valence-corrected chi connectivity index (χ4v) is 4.11. The van der Waals surface area contributed by atoms with E-state index in [4.69, 9.17) is 4.74 Å². The van der Waals surface area contributed by atoms with Gasteiger partial charge in [0.25, 0.3) is 21.8 Å². The van der Waals surface area contributed by atoms with E-state index in [2.05, 4.69) is 15.4 Å². The van der Waals surface area contributed by atoms with E-state index in [0.717, 1.165) is 5.56 Å². The molecule has 0 aliphatic heterocycles. The molecule has 3 rings (SSSR count). The lowest BCUT2D eigenvalue weighted by atomic mass is 10.1. The van der Waals surface area contributed by atoms with Gasteiger partial charge in [0.1, 0.15) is 0 Å². The summed E-state index contributed by atoms with van der Waals surface area (Å²) in [4.78, 5) is 25.6. The van der Waals surface area contributed by atoms with Crippen LogP contribution in [0.4, 0.5) is 11.4 Å². The van der Waals surface area contributed by atoms with Crippen LogP contribution in [-0.4, -0.2) is 40.5 Å². The lowest BCUT2D eigenvalue weighted by Gasteiger charge is -2.14. The first-order valence-electron chi connectivity index (χ1n) is 10.2. The lowest BCUT2D eigenvalue weighted by Crippen LogP contribution is -2.28. The predicted octanol–water partition coefficient (Wildman–Crippen LogP) is 3.42. The molecule has 0 bridgehead atoms. The first-order valence-corrected chi connectivity index (χ1v) is 11.7. The topological polar surface area (TPSA) is 114 Å². The monoisotopic (exact) mass is 467 g/mol. The molecule has 9 heteroatoms. The predicted molar refractivity (Wildman–Crippen MR) is 127 cm³/mol. The molecule has 0 atom stereocenters. The fourth-order valence-electron chi connectivity index (χ4n) is 3.03. The maximum Gasteiger partial charge on any atom is 0.261 e. The van der Waals surface area contributed by atoms with E-state index in [1.54, 1.807) is 48.5 Å². The highest BCUT2D eigenvalue weighted by atomic mass is 32.2. The summed E-state index contributed by atoms with van der Waals surface area (Å²) < 4.78 is 33.0. The van der Waals surface area contributed by atoms with Gasteiger partial charge in [0.15, 0.2) is 0 Å². The summed E-state index contributed by atoms with van der Waals surface area (Å²) in [5.41, 5.74) is 1.74. The summed E-state index contributed by atoms with van der Waals surface area (Å²) in [5, 5.41) is 5.42. The summed E-state index contributed by atoms with van der Waals surface area (Å²) in [6.45, 7) is 2.54. The summed E-state index contributed by atoms with van der Waals surface area (Å²) >= 11 is 0. The summed E-state index contributed by atoms with van der Waals surface area (Å²) in [6.07, 6.45) is 0. The number of anilines is 2. The van der Waals surface area contributed by atoms with Crippen molar-refractivity contribution in [2.45, 2.75) is 11.8 Å². The van der Waals surface area contributed by atoms with Gasteiger partial charge in [-0.15, -0.1) is 0 Å². The van der Waals surface area contributed by atoms with Gasteiger partial charge in [0.2, 0.25) is 0 Å². The molecule has 2 amide bonds. The number of carbonyl (C=O) groups is 2. The van der Waals surface area contributed by atoms with Crippen LogP contribution < -0.4 is 15.4 Å². The number of benzene rings is 3. The third-order valence-corrected chi connectivity index (χ3v) is 6.14. The van der Waals surface area contributed by atoms with Gasteiger partial charge in [-0.25, -0.2) is 8.42 Å². The molecule has 0 aromatic heterocycles.